The van der Waals surface area contributed by atoms with Crippen LogP contribution in [0.15, 0.2) is 22.7 Å². The number of hydrogen-bond donors (Lipinski definition) is 0. The molecule has 0 aliphatic carbocycles. The molecule has 0 unspecified atom stereocenters. The molecule has 0 aliphatic rings. The zero-order chi connectivity index (χ0) is 9.14. The van der Waals surface area contributed by atoms with Crippen molar-refractivity contribution >= 4 is 72.7 Å². The van der Waals surface area contributed by atoms with Crippen molar-refractivity contribution < 1.29 is 0 Å². The molecule has 0 amide bonds. The number of benzene rings is 1. The van der Waals surface area contributed by atoms with E-state index in [1.165, 1.54) is 11.1 Å². The normalized spacial score (nSPS) is 10.8. The fraction of sp³-hybridized carbons (Fsp3) is 0.250. The molecule has 0 N–H and O–H groups in total. The van der Waals surface area contributed by atoms with Crippen LogP contribution in [0.3, 0.4) is 0 Å². The summed E-state index contributed by atoms with van der Waals surface area (Å²) in [4.78, 5) is 0. The topological polar surface area (TPSA) is 0 Å². The third kappa shape index (κ3) is 2.99. The van der Waals surface area contributed by atoms with Crippen molar-refractivity contribution in [3.8, 4) is 0 Å². The molecule has 1 rings (SSSR count). The molecule has 12 heavy (non-hydrogen) atoms. The zero-order valence-electron chi connectivity index (χ0n) is 6.03. The minimum Gasteiger partial charge on any atom is -0.122 e. The van der Waals surface area contributed by atoms with Gasteiger partial charge in [0.1, 0.15) is 0 Å². The molecular formula is C8H6BrClI2. The van der Waals surface area contributed by atoms with Gasteiger partial charge in [-0.15, -0.1) is 11.6 Å². The van der Waals surface area contributed by atoms with Crippen LogP contribution in [0.4, 0.5) is 0 Å². The summed E-state index contributed by atoms with van der Waals surface area (Å²) >= 11 is 14.0. The molecule has 4 heteroatoms. The van der Waals surface area contributed by atoms with Gasteiger partial charge >= 0.3 is 0 Å². The summed E-state index contributed by atoms with van der Waals surface area (Å²) in [6.07, 6.45) is 0. The van der Waals surface area contributed by atoms with Gasteiger partial charge < -0.3 is 0 Å². The van der Waals surface area contributed by atoms with Gasteiger partial charge in [-0.05, 0) is 23.3 Å². The fourth-order valence-electron chi connectivity index (χ4n) is 0.903. The lowest BCUT2D eigenvalue weighted by atomic mass is 10.1. The van der Waals surface area contributed by atoms with Gasteiger partial charge in [0.2, 0.25) is 0 Å². The minimum absolute atomic E-state index is 0.488. The lowest BCUT2D eigenvalue weighted by Gasteiger charge is -2.08. The molecule has 0 aliphatic heterocycles. The van der Waals surface area contributed by atoms with Crippen molar-refractivity contribution in [2.24, 2.45) is 0 Å². The molecule has 0 nitrogen and oxygen atoms in total. The van der Waals surface area contributed by atoms with Gasteiger partial charge in [0.15, 0.2) is 0 Å². The molecule has 0 saturated carbocycles. The van der Waals surface area contributed by atoms with E-state index in [-0.39, 0.29) is 0 Å². The Morgan fingerprint density at radius 2 is 2.08 bits per heavy atom. The second-order valence-corrected chi connectivity index (χ2v) is 8.34. The lowest BCUT2D eigenvalue weighted by Crippen LogP contribution is -1.89. The first kappa shape index (κ1) is 11.5. The number of rotatable bonds is 2. The van der Waals surface area contributed by atoms with Crippen LogP contribution >= 0.6 is 72.7 Å². The average molecular weight is 471 g/mol. The molecule has 1 aromatic carbocycles. The maximum Gasteiger partial charge on any atom is 0.0877 e. The summed E-state index contributed by atoms with van der Waals surface area (Å²) < 4.78 is 1.58. The molecule has 0 fully saturated rings. The van der Waals surface area contributed by atoms with Crippen molar-refractivity contribution in [3.05, 3.63) is 33.8 Å². The summed E-state index contributed by atoms with van der Waals surface area (Å²) in [6, 6.07) is 6.24. The van der Waals surface area contributed by atoms with Crippen molar-refractivity contribution in [3.63, 3.8) is 0 Å². The monoisotopic (exact) mass is 470 g/mol. The van der Waals surface area contributed by atoms with Crippen LogP contribution in [0, 0.1) is 0 Å². The highest BCUT2D eigenvalue weighted by Crippen LogP contribution is 2.34. The van der Waals surface area contributed by atoms with Crippen LogP contribution in [0.2, 0.25) is 0 Å². The fourth-order valence-corrected chi connectivity index (χ4v) is 2.76. The van der Waals surface area contributed by atoms with Gasteiger partial charge in [-0.3, -0.25) is 0 Å². The summed E-state index contributed by atoms with van der Waals surface area (Å²) in [5.41, 5.74) is 2.52. The van der Waals surface area contributed by atoms with E-state index in [0.717, 1.165) is 4.47 Å². The molecule has 66 valence electrons. The maximum absolute atomic E-state index is 5.82. The largest absolute Gasteiger partial charge is 0.122 e. The quantitative estimate of drug-likeness (QED) is 0.418. The Morgan fingerprint density at radius 1 is 1.42 bits per heavy atom. The average Bonchev–Trinajstić information content (AvgIpc) is 2.03. The van der Waals surface area contributed by atoms with Crippen LogP contribution in [-0.4, -0.2) is 0 Å². The highest BCUT2D eigenvalue weighted by atomic mass is 127. The number of halogens is 4. The van der Waals surface area contributed by atoms with E-state index >= 15 is 0 Å². The van der Waals surface area contributed by atoms with E-state index in [0.29, 0.717) is 7.81 Å². The molecule has 0 aromatic heterocycles. The van der Waals surface area contributed by atoms with E-state index in [2.05, 4.69) is 79.3 Å². The zero-order valence-corrected chi connectivity index (χ0v) is 12.7. The van der Waals surface area contributed by atoms with Crippen LogP contribution in [0.5, 0.6) is 0 Å². The van der Waals surface area contributed by atoms with Crippen molar-refractivity contribution in [2.45, 2.75) is 7.81 Å². The SMILES string of the molecule is ClCc1cc(Br)ccc1C(I)I. The molecule has 0 spiro atoms. The number of hydrogen-bond acceptors (Lipinski definition) is 0. The van der Waals surface area contributed by atoms with Gasteiger partial charge in [0.25, 0.3) is 0 Å². The molecule has 1 aromatic rings. The standard InChI is InChI=1S/C8H6BrClI2/c9-6-1-2-7(8(11)12)5(3-6)4-10/h1-3,8H,4H2. The molecule has 0 heterocycles. The van der Waals surface area contributed by atoms with Crippen molar-refractivity contribution in [1.29, 1.82) is 0 Å². The van der Waals surface area contributed by atoms with Crippen molar-refractivity contribution in [1.82, 2.24) is 0 Å². The highest BCUT2D eigenvalue weighted by Gasteiger charge is 2.07. The minimum atomic E-state index is 0.488. The Labute approximate surface area is 113 Å². The lowest BCUT2D eigenvalue weighted by molar-refractivity contribution is 1.29. The van der Waals surface area contributed by atoms with Gasteiger partial charge in [0, 0.05) is 10.4 Å². The molecular weight excluding hydrogens is 465 g/mol. The van der Waals surface area contributed by atoms with Crippen LogP contribution in [-0.2, 0) is 5.88 Å². The smallest absolute Gasteiger partial charge is 0.0877 e. The molecule has 0 bridgehead atoms. The van der Waals surface area contributed by atoms with E-state index in [1.807, 2.05) is 0 Å². The summed E-state index contributed by atoms with van der Waals surface area (Å²) in [5, 5.41) is 0. The second-order valence-electron chi connectivity index (χ2n) is 2.28. The first-order valence-corrected chi connectivity index (χ1v) is 7.09. The van der Waals surface area contributed by atoms with Gasteiger partial charge in [-0.2, -0.15) is 0 Å². The van der Waals surface area contributed by atoms with Gasteiger partial charge in [0.05, 0.1) is 1.93 Å². The highest BCUT2D eigenvalue weighted by molar-refractivity contribution is 14.2. The Bertz CT molecular complexity index is 276. The maximum atomic E-state index is 5.82. The predicted molar refractivity (Wildman–Crippen MR) is 74.5 cm³/mol. The Balaban J connectivity index is 3.11. The van der Waals surface area contributed by atoms with Gasteiger partial charge in [-0.1, -0.05) is 67.2 Å². The summed E-state index contributed by atoms with van der Waals surface area (Å²) in [5.74, 6) is 0.581. The summed E-state index contributed by atoms with van der Waals surface area (Å²) in [7, 11) is 0. The Kier molecular flexibility index (Phi) is 5.15. The number of alkyl halides is 3. The van der Waals surface area contributed by atoms with E-state index in [4.69, 9.17) is 11.6 Å². The molecule has 0 atom stereocenters. The first-order valence-electron chi connectivity index (χ1n) is 3.27. The Hall–Kier alpha value is 1.45. The van der Waals surface area contributed by atoms with Crippen LogP contribution in [0.25, 0.3) is 0 Å². The van der Waals surface area contributed by atoms with E-state index < -0.39 is 0 Å². The van der Waals surface area contributed by atoms with Crippen molar-refractivity contribution in [2.75, 3.05) is 0 Å². The first-order chi connectivity index (χ1) is 5.65. The Morgan fingerprint density at radius 3 is 2.58 bits per heavy atom. The third-order valence-electron chi connectivity index (χ3n) is 1.48. The third-order valence-corrected chi connectivity index (χ3v) is 3.61. The second kappa shape index (κ2) is 5.36. The molecule has 0 saturated heterocycles. The van der Waals surface area contributed by atoms with Crippen LogP contribution in [0.1, 0.15) is 13.1 Å². The van der Waals surface area contributed by atoms with E-state index in [1.54, 1.807) is 0 Å². The van der Waals surface area contributed by atoms with Crippen LogP contribution < -0.4 is 0 Å². The molecule has 0 radical (unpaired) electrons. The predicted octanol–water partition coefficient (Wildman–Crippen LogP) is 5.06. The van der Waals surface area contributed by atoms with Gasteiger partial charge in [-0.25, -0.2) is 0 Å². The summed E-state index contributed by atoms with van der Waals surface area (Å²) in [6.45, 7) is 0. The van der Waals surface area contributed by atoms with E-state index in [9.17, 15) is 0 Å².